The van der Waals surface area contributed by atoms with Gasteiger partial charge in [0.15, 0.2) is 5.69 Å². The van der Waals surface area contributed by atoms with Gasteiger partial charge < -0.3 is 10.6 Å². The molecule has 0 radical (unpaired) electrons. The molecular weight excluding hydrogens is 322 g/mol. The average Bonchev–Trinajstić information content (AvgIpc) is 2.85. The van der Waals surface area contributed by atoms with E-state index in [-0.39, 0.29) is 5.91 Å². The zero-order valence-corrected chi connectivity index (χ0v) is 12.3. The lowest BCUT2D eigenvalue weighted by Crippen LogP contribution is -2.43. The SMILES string of the molecule is O=C(NCc1ccc(Br)cc1)c1cn(C2CNC2)nn1. The van der Waals surface area contributed by atoms with Crippen LogP contribution in [0.5, 0.6) is 0 Å². The third-order valence-electron chi connectivity index (χ3n) is 3.24. The van der Waals surface area contributed by atoms with Gasteiger partial charge >= 0.3 is 0 Å². The summed E-state index contributed by atoms with van der Waals surface area (Å²) in [6, 6.07) is 8.13. The van der Waals surface area contributed by atoms with Crippen LogP contribution < -0.4 is 10.6 Å². The van der Waals surface area contributed by atoms with Gasteiger partial charge in [-0.3, -0.25) is 4.79 Å². The highest BCUT2D eigenvalue weighted by Gasteiger charge is 2.21. The molecule has 0 bridgehead atoms. The number of hydrogen-bond donors (Lipinski definition) is 2. The second kappa shape index (κ2) is 5.72. The van der Waals surface area contributed by atoms with E-state index in [0.29, 0.717) is 18.3 Å². The van der Waals surface area contributed by atoms with E-state index in [0.717, 1.165) is 23.1 Å². The number of amides is 1. The molecule has 0 saturated carbocycles. The van der Waals surface area contributed by atoms with Crippen LogP contribution in [0.1, 0.15) is 22.1 Å². The van der Waals surface area contributed by atoms with Crippen molar-refractivity contribution in [3.05, 3.63) is 46.2 Å². The van der Waals surface area contributed by atoms with E-state index in [1.807, 2.05) is 24.3 Å². The average molecular weight is 336 g/mol. The van der Waals surface area contributed by atoms with Crippen molar-refractivity contribution in [1.29, 1.82) is 0 Å². The summed E-state index contributed by atoms with van der Waals surface area (Å²) in [6.07, 6.45) is 1.70. The number of halogens is 1. The molecule has 2 heterocycles. The van der Waals surface area contributed by atoms with Crippen LogP contribution in [-0.2, 0) is 6.54 Å². The first-order valence-corrected chi connectivity index (χ1v) is 7.17. The second-order valence-electron chi connectivity index (χ2n) is 4.71. The first kappa shape index (κ1) is 13.3. The maximum absolute atomic E-state index is 12.0. The standard InChI is InChI=1S/C13H14BrN5O/c14-10-3-1-9(2-4-10)5-16-13(20)12-8-19(18-17-12)11-6-15-7-11/h1-4,8,11,15H,5-7H2,(H,16,20). The molecule has 2 aromatic rings. The highest BCUT2D eigenvalue weighted by molar-refractivity contribution is 9.10. The summed E-state index contributed by atoms with van der Waals surface area (Å²) in [5.74, 6) is -0.202. The predicted molar refractivity (Wildman–Crippen MR) is 77.2 cm³/mol. The first-order chi connectivity index (χ1) is 9.72. The Morgan fingerprint density at radius 3 is 2.80 bits per heavy atom. The fraction of sp³-hybridized carbons (Fsp3) is 0.308. The van der Waals surface area contributed by atoms with Crippen molar-refractivity contribution < 1.29 is 4.79 Å². The van der Waals surface area contributed by atoms with Crippen molar-refractivity contribution in [2.75, 3.05) is 13.1 Å². The van der Waals surface area contributed by atoms with E-state index in [1.54, 1.807) is 10.9 Å². The Kier molecular flexibility index (Phi) is 3.79. The van der Waals surface area contributed by atoms with Crippen LogP contribution in [0.25, 0.3) is 0 Å². The van der Waals surface area contributed by atoms with Gasteiger partial charge in [0.1, 0.15) is 0 Å². The van der Waals surface area contributed by atoms with E-state index in [2.05, 4.69) is 36.9 Å². The van der Waals surface area contributed by atoms with Gasteiger partial charge in [0, 0.05) is 24.1 Å². The molecule has 0 atom stereocenters. The predicted octanol–water partition coefficient (Wildman–Crippen LogP) is 1.11. The Morgan fingerprint density at radius 2 is 2.15 bits per heavy atom. The quantitative estimate of drug-likeness (QED) is 0.878. The lowest BCUT2D eigenvalue weighted by Gasteiger charge is -2.26. The number of benzene rings is 1. The van der Waals surface area contributed by atoms with Crippen molar-refractivity contribution in [2.45, 2.75) is 12.6 Å². The molecule has 6 nitrogen and oxygen atoms in total. The number of carbonyl (C=O) groups is 1. The van der Waals surface area contributed by atoms with E-state index < -0.39 is 0 Å². The molecule has 1 aliphatic heterocycles. The van der Waals surface area contributed by atoms with Crippen molar-refractivity contribution in [3.63, 3.8) is 0 Å². The fourth-order valence-electron chi connectivity index (χ4n) is 1.89. The molecule has 0 spiro atoms. The lowest BCUT2D eigenvalue weighted by atomic mass is 10.2. The summed E-state index contributed by atoms with van der Waals surface area (Å²) in [7, 11) is 0. The highest BCUT2D eigenvalue weighted by atomic mass is 79.9. The number of carbonyl (C=O) groups excluding carboxylic acids is 1. The van der Waals surface area contributed by atoms with Gasteiger partial charge in [-0.25, -0.2) is 4.68 Å². The first-order valence-electron chi connectivity index (χ1n) is 6.37. The topological polar surface area (TPSA) is 71.8 Å². The molecule has 0 aliphatic carbocycles. The molecule has 1 amide bonds. The summed E-state index contributed by atoms with van der Waals surface area (Å²) in [4.78, 5) is 12.0. The molecule has 7 heteroatoms. The van der Waals surface area contributed by atoms with Gasteiger partial charge in [-0.15, -0.1) is 5.10 Å². The molecule has 20 heavy (non-hydrogen) atoms. The van der Waals surface area contributed by atoms with Gasteiger partial charge in [-0.2, -0.15) is 0 Å². The molecule has 0 unspecified atom stereocenters. The van der Waals surface area contributed by atoms with Crippen LogP contribution in [0, 0.1) is 0 Å². The minimum absolute atomic E-state index is 0.202. The monoisotopic (exact) mass is 335 g/mol. The van der Waals surface area contributed by atoms with E-state index in [9.17, 15) is 4.79 Å². The third-order valence-corrected chi connectivity index (χ3v) is 3.77. The van der Waals surface area contributed by atoms with Crippen LogP contribution in [0.4, 0.5) is 0 Å². The highest BCUT2D eigenvalue weighted by Crippen LogP contribution is 2.11. The summed E-state index contributed by atoms with van der Waals surface area (Å²) >= 11 is 3.38. The van der Waals surface area contributed by atoms with Gasteiger partial charge in [0.2, 0.25) is 0 Å². The van der Waals surface area contributed by atoms with E-state index >= 15 is 0 Å². The third kappa shape index (κ3) is 2.88. The maximum Gasteiger partial charge on any atom is 0.273 e. The Labute approximate surface area is 124 Å². The van der Waals surface area contributed by atoms with Crippen LogP contribution in [0.2, 0.25) is 0 Å². The molecular formula is C13H14BrN5O. The zero-order valence-electron chi connectivity index (χ0n) is 10.7. The van der Waals surface area contributed by atoms with Gasteiger partial charge in [-0.1, -0.05) is 33.3 Å². The molecule has 3 rings (SSSR count). The molecule has 1 fully saturated rings. The molecule has 1 aliphatic rings. The summed E-state index contributed by atoms with van der Waals surface area (Å²) in [5, 5.41) is 13.9. The molecule has 1 saturated heterocycles. The number of nitrogens with zero attached hydrogens (tertiary/aromatic N) is 3. The Balaban J connectivity index is 1.58. The van der Waals surface area contributed by atoms with Crippen molar-refractivity contribution in [2.24, 2.45) is 0 Å². The smallest absolute Gasteiger partial charge is 0.273 e. The Morgan fingerprint density at radius 1 is 1.40 bits per heavy atom. The molecule has 1 aromatic carbocycles. The molecule has 1 aromatic heterocycles. The van der Waals surface area contributed by atoms with E-state index in [4.69, 9.17) is 0 Å². The van der Waals surface area contributed by atoms with Gasteiger partial charge in [0.25, 0.3) is 5.91 Å². The normalized spacial score (nSPS) is 14.8. The van der Waals surface area contributed by atoms with Crippen LogP contribution in [0.3, 0.4) is 0 Å². The zero-order chi connectivity index (χ0) is 13.9. The van der Waals surface area contributed by atoms with Crippen LogP contribution >= 0.6 is 15.9 Å². The Hall–Kier alpha value is -1.73. The largest absolute Gasteiger partial charge is 0.347 e. The minimum atomic E-state index is -0.202. The maximum atomic E-state index is 12.0. The second-order valence-corrected chi connectivity index (χ2v) is 5.62. The van der Waals surface area contributed by atoms with Gasteiger partial charge in [-0.05, 0) is 17.7 Å². The van der Waals surface area contributed by atoms with Crippen molar-refractivity contribution in [3.8, 4) is 0 Å². The molecule has 2 N–H and O–H groups in total. The number of aromatic nitrogens is 3. The number of rotatable bonds is 4. The Bertz CT molecular complexity index is 605. The minimum Gasteiger partial charge on any atom is -0.347 e. The van der Waals surface area contributed by atoms with Crippen LogP contribution in [-0.4, -0.2) is 34.0 Å². The van der Waals surface area contributed by atoms with Gasteiger partial charge in [0.05, 0.1) is 12.2 Å². The summed E-state index contributed by atoms with van der Waals surface area (Å²) in [5.41, 5.74) is 1.39. The summed E-state index contributed by atoms with van der Waals surface area (Å²) in [6.45, 7) is 2.23. The number of nitrogens with one attached hydrogen (secondary N) is 2. The lowest BCUT2D eigenvalue weighted by molar-refractivity contribution is 0.0946. The van der Waals surface area contributed by atoms with E-state index in [1.165, 1.54) is 0 Å². The summed E-state index contributed by atoms with van der Waals surface area (Å²) < 4.78 is 2.76. The molecule has 104 valence electrons. The van der Waals surface area contributed by atoms with Crippen LogP contribution in [0.15, 0.2) is 34.9 Å². The van der Waals surface area contributed by atoms with Crippen molar-refractivity contribution >= 4 is 21.8 Å². The van der Waals surface area contributed by atoms with Crippen molar-refractivity contribution in [1.82, 2.24) is 25.6 Å². The number of hydrogen-bond acceptors (Lipinski definition) is 4. The fourth-order valence-corrected chi connectivity index (χ4v) is 2.16.